The van der Waals surface area contributed by atoms with Crippen LogP contribution in [0.1, 0.15) is 43.5 Å². The van der Waals surface area contributed by atoms with Crippen molar-refractivity contribution in [2.24, 2.45) is 5.92 Å². The number of nitrogens with zero attached hydrogens (tertiary/aromatic N) is 1. The van der Waals surface area contributed by atoms with Gasteiger partial charge in [-0.15, -0.1) is 0 Å². The highest BCUT2D eigenvalue weighted by Gasteiger charge is 2.30. The summed E-state index contributed by atoms with van der Waals surface area (Å²) in [4.78, 5) is 12.4. The van der Waals surface area contributed by atoms with E-state index in [1.54, 1.807) is 6.92 Å². The first kappa shape index (κ1) is 19.7. The zero-order valence-corrected chi connectivity index (χ0v) is 15.9. The second-order valence-corrected chi connectivity index (χ2v) is 7.15. The fourth-order valence-electron chi connectivity index (χ4n) is 2.66. The van der Waals surface area contributed by atoms with Crippen LogP contribution in [-0.4, -0.2) is 18.0 Å². The van der Waals surface area contributed by atoms with Gasteiger partial charge in [-0.1, -0.05) is 74.0 Å². The van der Waals surface area contributed by atoms with Gasteiger partial charge in [0.1, 0.15) is 5.54 Å². The summed E-state index contributed by atoms with van der Waals surface area (Å²) >= 11 is 0. The number of benzene rings is 2. The topological polar surface area (TPSA) is 64.9 Å². The highest BCUT2D eigenvalue weighted by molar-refractivity contribution is 5.79. The Balaban J connectivity index is 2.14. The van der Waals surface area contributed by atoms with E-state index in [0.29, 0.717) is 0 Å². The predicted molar refractivity (Wildman–Crippen MR) is 104 cm³/mol. The first-order chi connectivity index (χ1) is 12.4. The number of rotatable bonds is 7. The molecule has 0 aliphatic rings. The second-order valence-electron chi connectivity index (χ2n) is 7.15. The smallest absolute Gasteiger partial charge is 0.235 e. The highest BCUT2D eigenvalue weighted by atomic mass is 16.2. The normalized spacial score (nSPS) is 14.3. The van der Waals surface area contributed by atoms with Crippen LogP contribution in [0, 0.1) is 24.2 Å². The molecule has 2 rings (SSSR count). The molecule has 0 radical (unpaired) electrons. The van der Waals surface area contributed by atoms with Gasteiger partial charge in [-0.25, -0.2) is 0 Å². The molecule has 2 N–H and O–H groups in total. The molecular weight excluding hydrogens is 322 g/mol. The molecule has 0 spiro atoms. The first-order valence-corrected chi connectivity index (χ1v) is 8.93. The van der Waals surface area contributed by atoms with E-state index in [9.17, 15) is 10.1 Å². The lowest BCUT2D eigenvalue weighted by molar-refractivity contribution is -0.121. The Labute approximate surface area is 156 Å². The van der Waals surface area contributed by atoms with Gasteiger partial charge in [0.05, 0.1) is 18.7 Å². The summed E-state index contributed by atoms with van der Waals surface area (Å²) in [6.07, 6.45) is 0. The maximum atomic E-state index is 12.4. The van der Waals surface area contributed by atoms with Gasteiger partial charge < -0.3 is 5.32 Å². The minimum atomic E-state index is -0.870. The van der Waals surface area contributed by atoms with E-state index >= 15 is 0 Å². The number of hydrogen-bond acceptors (Lipinski definition) is 3. The van der Waals surface area contributed by atoms with Crippen LogP contribution in [0.2, 0.25) is 0 Å². The van der Waals surface area contributed by atoms with E-state index in [0.717, 1.165) is 11.1 Å². The van der Waals surface area contributed by atoms with Gasteiger partial charge in [-0.3, -0.25) is 10.1 Å². The maximum absolute atomic E-state index is 12.4. The largest absolute Gasteiger partial charge is 0.337 e. The number of nitrogens with one attached hydrogen (secondary N) is 2. The zero-order valence-electron chi connectivity index (χ0n) is 15.9. The Kier molecular flexibility index (Phi) is 6.54. The first-order valence-electron chi connectivity index (χ1n) is 8.93. The second kappa shape index (κ2) is 8.64. The Morgan fingerprint density at radius 2 is 1.65 bits per heavy atom. The van der Waals surface area contributed by atoms with Gasteiger partial charge >= 0.3 is 0 Å². The van der Waals surface area contributed by atoms with E-state index in [4.69, 9.17) is 0 Å². The summed E-state index contributed by atoms with van der Waals surface area (Å²) in [5, 5.41) is 15.6. The van der Waals surface area contributed by atoms with Crippen LogP contribution in [0.5, 0.6) is 0 Å². The summed E-state index contributed by atoms with van der Waals surface area (Å²) < 4.78 is 0. The van der Waals surface area contributed by atoms with Gasteiger partial charge in [0.15, 0.2) is 0 Å². The third-order valence-corrected chi connectivity index (χ3v) is 4.80. The van der Waals surface area contributed by atoms with Crippen molar-refractivity contribution in [1.29, 1.82) is 5.26 Å². The van der Waals surface area contributed by atoms with Gasteiger partial charge in [0.2, 0.25) is 5.91 Å². The minimum Gasteiger partial charge on any atom is -0.337 e. The van der Waals surface area contributed by atoms with Crippen molar-refractivity contribution in [3.05, 3.63) is 71.3 Å². The lowest BCUT2D eigenvalue weighted by atomic mass is 9.90. The molecule has 0 aromatic heterocycles. The molecule has 4 nitrogen and oxygen atoms in total. The Bertz CT molecular complexity index is 762. The fourth-order valence-corrected chi connectivity index (χ4v) is 2.66. The van der Waals surface area contributed by atoms with Crippen LogP contribution in [0.4, 0.5) is 0 Å². The van der Waals surface area contributed by atoms with Crippen molar-refractivity contribution in [1.82, 2.24) is 10.6 Å². The molecule has 0 aliphatic heterocycles. The van der Waals surface area contributed by atoms with Crippen LogP contribution in [0.15, 0.2) is 54.6 Å². The lowest BCUT2D eigenvalue weighted by Gasteiger charge is -2.28. The molecule has 2 aromatic rings. The Hall–Kier alpha value is -2.64. The molecule has 0 unspecified atom stereocenters. The van der Waals surface area contributed by atoms with Crippen molar-refractivity contribution in [3.8, 4) is 6.07 Å². The molecule has 1 amide bonds. The van der Waals surface area contributed by atoms with Crippen LogP contribution < -0.4 is 10.6 Å². The van der Waals surface area contributed by atoms with Crippen LogP contribution >= 0.6 is 0 Å². The number of hydrogen-bond donors (Lipinski definition) is 2. The predicted octanol–water partition coefficient (Wildman–Crippen LogP) is 3.73. The maximum Gasteiger partial charge on any atom is 0.235 e. The number of carbonyl (C=O) groups excluding carboxylic acids is 1. The molecular formula is C22H27N3O. The van der Waals surface area contributed by atoms with E-state index < -0.39 is 5.54 Å². The molecule has 26 heavy (non-hydrogen) atoms. The van der Waals surface area contributed by atoms with Crippen molar-refractivity contribution < 1.29 is 4.79 Å². The van der Waals surface area contributed by atoms with Crippen LogP contribution in [-0.2, 0) is 4.79 Å². The molecule has 136 valence electrons. The quantitative estimate of drug-likeness (QED) is 0.800. The van der Waals surface area contributed by atoms with Crippen molar-refractivity contribution in [3.63, 3.8) is 0 Å². The zero-order chi connectivity index (χ0) is 19.2. The fraction of sp³-hybridized carbons (Fsp3) is 0.364. The SMILES string of the molecule is Cc1ccc([C@@H](NCC(=O)N[C@](C)(C#N)C(C)C)c2ccccc2)cc1. The van der Waals surface area contributed by atoms with E-state index in [1.165, 1.54) is 5.56 Å². The van der Waals surface area contributed by atoms with Crippen molar-refractivity contribution >= 4 is 5.91 Å². The Morgan fingerprint density at radius 1 is 1.08 bits per heavy atom. The summed E-state index contributed by atoms with van der Waals surface area (Å²) in [5.41, 5.74) is 2.52. The third kappa shape index (κ3) is 4.93. The average Bonchev–Trinajstić information content (AvgIpc) is 2.64. The van der Waals surface area contributed by atoms with Gasteiger partial charge in [-0.2, -0.15) is 5.26 Å². The molecule has 0 heterocycles. The molecule has 0 bridgehead atoms. The highest BCUT2D eigenvalue weighted by Crippen LogP contribution is 2.22. The number of carbonyl (C=O) groups is 1. The third-order valence-electron chi connectivity index (χ3n) is 4.80. The number of amides is 1. The number of nitriles is 1. The molecule has 2 aromatic carbocycles. The summed E-state index contributed by atoms with van der Waals surface area (Å²) in [5.74, 6) is -0.158. The molecule has 0 saturated carbocycles. The van der Waals surface area contributed by atoms with Crippen molar-refractivity contribution in [2.75, 3.05) is 6.54 Å². The van der Waals surface area contributed by atoms with Gasteiger partial charge in [0, 0.05) is 0 Å². The minimum absolute atomic E-state index is 0.0264. The molecule has 4 heteroatoms. The molecule has 0 fully saturated rings. The molecule has 2 atom stereocenters. The summed E-state index contributed by atoms with van der Waals surface area (Å²) in [6, 6.07) is 20.4. The van der Waals surface area contributed by atoms with Crippen LogP contribution in [0.25, 0.3) is 0 Å². The average molecular weight is 349 g/mol. The Morgan fingerprint density at radius 3 is 2.19 bits per heavy atom. The number of aryl methyl sites for hydroxylation is 1. The van der Waals surface area contributed by atoms with Gasteiger partial charge in [0.25, 0.3) is 0 Å². The standard InChI is InChI=1S/C22H27N3O/c1-16(2)22(4,15-23)25-20(26)14-24-21(18-8-6-5-7-9-18)19-12-10-17(3)11-13-19/h5-13,16,21,24H,14H2,1-4H3,(H,25,26)/t21-,22+/m0/s1. The van der Waals surface area contributed by atoms with Gasteiger partial charge in [-0.05, 0) is 30.9 Å². The van der Waals surface area contributed by atoms with Crippen molar-refractivity contribution in [2.45, 2.75) is 39.3 Å². The monoisotopic (exact) mass is 349 g/mol. The molecule has 0 aliphatic carbocycles. The summed E-state index contributed by atoms with van der Waals surface area (Å²) in [6.45, 7) is 7.80. The van der Waals surface area contributed by atoms with E-state index in [-0.39, 0.29) is 24.4 Å². The lowest BCUT2D eigenvalue weighted by Crippen LogP contribution is -2.51. The molecule has 0 saturated heterocycles. The van der Waals surface area contributed by atoms with E-state index in [2.05, 4.69) is 47.9 Å². The summed E-state index contributed by atoms with van der Waals surface area (Å²) in [7, 11) is 0. The van der Waals surface area contributed by atoms with E-state index in [1.807, 2.05) is 44.2 Å². The van der Waals surface area contributed by atoms with Crippen LogP contribution in [0.3, 0.4) is 0 Å².